The molecule has 0 aromatic heterocycles. The molecule has 498 valence electrons. The molecule has 0 spiro atoms. The van der Waals surface area contributed by atoms with Crippen molar-refractivity contribution in [2.45, 2.75) is 347 Å². The summed E-state index contributed by atoms with van der Waals surface area (Å²) < 4.78 is 33.2. The molecule has 0 aliphatic rings. The summed E-state index contributed by atoms with van der Waals surface area (Å²) in [6.07, 6.45) is 96.5. The summed E-state index contributed by atoms with van der Waals surface area (Å²) in [4.78, 5) is 35.4. The number of unbranched alkanes of at least 4 members (excludes halogenated alkanes) is 39. The molecule has 0 saturated heterocycles. The standard InChI is InChI=1S/C76H136NO8P/c1-3-5-7-9-11-13-15-17-19-21-23-25-27-29-30-31-32-33-34-35-36-37-38-39-40-41-42-43-44-45-47-49-51-53-55-57-59-61-63-65-67-69-76(79)85-74(73-84-86(80,81)83-71-70-77)72-82-75(78)68-66-64-62-60-58-56-54-52-50-48-46-28-26-24-22-20-18-16-14-12-10-8-6-4-2/h5,7,11,13,17,19,23,25,29-30,32-33,35-36,38-39,74H,3-4,6,8-10,12,14-16,18,20-22,24,26-28,31,34,37,40-73,77H2,1-2H3,(H,80,81)/b7-5-,13-11-,19-17-,25-23-,30-29-,33-32-,36-35-,39-38-. The van der Waals surface area contributed by atoms with Gasteiger partial charge in [-0.2, -0.15) is 0 Å². The van der Waals surface area contributed by atoms with Crippen LogP contribution in [0.5, 0.6) is 0 Å². The van der Waals surface area contributed by atoms with Crippen LogP contribution < -0.4 is 5.73 Å². The second-order valence-corrected chi connectivity index (χ2v) is 25.5. The monoisotopic (exact) mass is 1220 g/mol. The zero-order valence-corrected chi connectivity index (χ0v) is 56.9. The number of hydrogen-bond acceptors (Lipinski definition) is 8. The second-order valence-electron chi connectivity index (χ2n) is 24.1. The van der Waals surface area contributed by atoms with E-state index in [9.17, 15) is 19.0 Å². The fourth-order valence-corrected chi connectivity index (χ4v) is 11.2. The molecule has 86 heavy (non-hydrogen) atoms. The van der Waals surface area contributed by atoms with Gasteiger partial charge in [-0.3, -0.25) is 18.6 Å². The molecule has 0 radical (unpaired) electrons. The number of ether oxygens (including phenoxy) is 2. The lowest BCUT2D eigenvalue weighted by atomic mass is 10.0. The van der Waals surface area contributed by atoms with Crippen molar-refractivity contribution >= 4 is 19.8 Å². The quantitative estimate of drug-likeness (QED) is 0.0264. The van der Waals surface area contributed by atoms with Gasteiger partial charge in [0.25, 0.3) is 0 Å². The van der Waals surface area contributed by atoms with Gasteiger partial charge in [0, 0.05) is 19.4 Å². The maximum Gasteiger partial charge on any atom is 0.472 e. The highest BCUT2D eigenvalue weighted by Gasteiger charge is 2.26. The fraction of sp³-hybridized carbons (Fsp3) is 0.763. The molecular weight excluding hydrogens is 1090 g/mol. The minimum Gasteiger partial charge on any atom is -0.462 e. The smallest absolute Gasteiger partial charge is 0.462 e. The fourth-order valence-electron chi connectivity index (χ4n) is 10.4. The molecule has 0 aliphatic heterocycles. The maximum atomic E-state index is 12.8. The Balaban J connectivity index is 3.84. The number of esters is 2. The first-order chi connectivity index (χ1) is 42.3. The molecule has 2 atom stereocenters. The Morgan fingerprint density at radius 2 is 0.640 bits per heavy atom. The number of carbonyl (C=O) groups is 2. The van der Waals surface area contributed by atoms with E-state index in [1.165, 1.54) is 218 Å². The highest BCUT2D eigenvalue weighted by molar-refractivity contribution is 7.47. The third kappa shape index (κ3) is 70.0. The van der Waals surface area contributed by atoms with Crippen molar-refractivity contribution in [1.29, 1.82) is 0 Å². The van der Waals surface area contributed by atoms with Crippen molar-refractivity contribution in [3.8, 4) is 0 Å². The topological polar surface area (TPSA) is 134 Å². The predicted octanol–water partition coefficient (Wildman–Crippen LogP) is 23.9. The minimum absolute atomic E-state index is 0.0531. The molecule has 0 bridgehead atoms. The summed E-state index contributed by atoms with van der Waals surface area (Å²) >= 11 is 0. The van der Waals surface area contributed by atoms with Gasteiger partial charge in [-0.05, 0) is 77.0 Å². The van der Waals surface area contributed by atoms with E-state index in [4.69, 9.17) is 24.3 Å². The van der Waals surface area contributed by atoms with Gasteiger partial charge in [0.05, 0.1) is 13.2 Å². The van der Waals surface area contributed by atoms with Crippen LogP contribution in [0.1, 0.15) is 341 Å². The van der Waals surface area contributed by atoms with Gasteiger partial charge < -0.3 is 20.1 Å². The van der Waals surface area contributed by atoms with E-state index < -0.39 is 26.5 Å². The van der Waals surface area contributed by atoms with Crippen molar-refractivity contribution in [3.63, 3.8) is 0 Å². The van der Waals surface area contributed by atoms with Gasteiger partial charge >= 0.3 is 19.8 Å². The van der Waals surface area contributed by atoms with Gasteiger partial charge in [0.2, 0.25) is 0 Å². The SMILES string of the molecule is CC/C=C\C/C=C\C/C=C\C/C=C\C/C=C\C/C=C\C/C=C\C/C=C\CCCCCCCCCCCCCCCCCCC(=O)OC(COC(=O)CCCCCCCCCCCCCCCCCCCCCCCCCC)COP(=O)(O)OCCN. The van der Waals surface area contributed by atoms with E-state index in [1.807, 2.05) is 0 Å². The minimum atomic E-state index is -4.39. The Kier molecular flexibility index (Phi) is 68.5. The van der Waals surface area contributed by atoms with E-state index in [0.29, 0.717) is 6.42 Å². The summed E-state index contributed by atoms with van der Waals surface area (Å²) in [6.45, 7) is 3.68. The first-order valence-electron chi connectivity index (χ1n) is 36.2. The van der Waals surface area contributed by atoms with Crippen LogP contribution in [0, 0.1) is 0 Å². The molecule has 9 nitrogen and oxygen atoms in total. The molecule has 2 unspecified atom stereocenters. The van der Waals surface area contributed by atoms with Crippen LogP contribution in [0.3, 0.4) is 0 Å². The first-order valence-corrected chi connectivity index (χ1v) is 37.7. The summed E-state index contributed by atoms with van der Waals surface area (Å²) in [5.74, 6) is -0.812. The number of phosphoric acid groups is 1. The number of phosphoric ester groups is 1. The maximum absolute atomic E-state index is 12.8. The predicted molar refractivity (Wildman–Crippen MR) is 372 cm³/mol. The lowest BCUT2D eigenvalue weighted by molar-refractivity contribution is -0.161. The van der Waals surface area contributed by atoms with Gasteiger partial charge in [-0.25, -0.2) is 4.57 Å². The number of nitrogens with two attached hydrogens (primary N) is 1. The van der Waals surface area contributed by atoms with Crippen LogP contribution in [0.15, 0.2) is 97.2 Å². The van der Waals surface area contributed by atoms with Crippen LogP contribution in [-0.4, -0.2) is 49.3 Å². The average molecular weight is 1220 g/mol. The van der Waals surface area contributed by atoms with Crippen molar-refractivity contribution < 1.29 is 37.6 Å². The first kappa shape index (κ1) is 82.9. The van der Waals surface area contributed by atoms with Gasteiger partial charge in [0.1, 0.15) is 6.61 Å². The highest BCUT2D eigenvalue weighted by Crippen LogP contribution is 2.43. The van der Waals surface area contributed by atoms with Crippen LogP contribution in [0.2, 0.25) is 0 Å². The Bertz CT molecular complexity index is 1730. The molecule has 0 fully saturated rings. The van der Waals surface area contributed by atoms with E-state index in [1.54, 1.807) is 0 Å². The number of carbonyl (C=O) groups excluding carboxylic acids is 2. The lowest BCUT2D eigenvalue weighted by Gasteiger charge is -2.19. The summed E-state index contributed by atoms with van der Waals surface area (Å²) in [5.41, 5.74) is 5.40. The van der Waals surface area contributed by atoms with Crippen molar-refractivity contribution in [1.82, 2.24) is 0 Å². The van der Waals surface area contributed by atoms with Crippen molar-refractivity contribution in [3.05, 3.63) is 97.2 Å². The largest absolute Gasteiger partial charge is 0.472 e. The van der Waals surface area contributed by atoms with E-state index >= 15 is 0 Å². The summed E-state index contributed by atoms with van der Waals surface area (Å²) in [6, 6.07) is 0. The molecule has 0 saturated carbocycles. The van der Waals surface area contributed by atoms with Gasteiger partial charge in [-0.15, -0.1) is 0 Å². The molecule has 0 aliphatic carbocycles. The highest BCUT2D eigenvalue weighted by atomic mass is 31.2. The molecule has 0 aromatic rings. The van der Waals surface area contributed by atoms with Crippen molar-refractivity contribution in [2.75, 3.05) is 26.4 Å². The van der Waals surface area contributed by atoms with Crippen LogP contribution in [-0.2, 0) is 32.7 Å². The zero-order valence-electron chi connectivity index (χ0n) is 56.0. The number of hydrogen-bond donors (Lipinski definition) is 2. The van der Waals surface area contributed by atoms with Gasteiger partial charge in [-0.1, -0.05) is 349 Å². The molecule has 10 heteroatoms. The molecule has 0 heterocycles. The molecule has 0 amide bonds. The Labute approximate surface area is 531 Å². The molecule has 0 rings (SSSR count). The molecule has 0 aromatic carbocycles. The number of rotatable bonds is 68. The third-order valence-corrected chi connectivity index (χ3v) is 16.7. The van der Waals surface area contributed by atoms with Crippen LogP contribution in [0.4, 0.5) is 0 Å². The van der Waals surface area contributed by atoms with E-state index in [2.05, 4.69) is 111 Å². The number of allylic oxidation sites excluding steroid dienone is 16. The van der Waals surface area contributed by atoms with E-state index in [-0.39, 0.29) is 38.6 Å². The summed E-state index contributed by atoms with van der Waals surface area (Å²) in [7, 11) is -4.39. The second kappa shape index (κ2) is 71.0. The Morgan fingerprint density at radius 3 is 0.953 bits per heavy atom. The third-order valence-electron chi connectivity index (χ3n) is 15.7. The summed E-state index contributed by atoms with van der Waals surface area (Å²) in [5, 5.41) is 0. The van der Waals surface area contributed by atoms with Crippen molar-refractivity contribution in [2.24, 2.45) is 5.73 Å². The van der Waals surface area contributed by atoms with Gasteiger partial charge in [0.15, 0.2) is 6.10 Å². The van der Waals surface area contributed by atoms with E-state index in [0.717, 1.165) is 89.9 Å². The lowest BCUT2D eigenvalue weighted by Crippen LogP contribution is -2.29. The Hall–Kier alpha value is -3.07. The average Bonchev–Trinajstić information content (AvgIpc) is 3.58. The normalized spacial score (nSPS) is 13.5. The Morgan fingerprint density at radius 1 is 0.360 bits per heavy atom. The molecule has 3 N–H and O–H groups in total. The van der Waals surface area contributed by atoms with Crippen LogP contribution >= 0.6 is 7.82 Å². The molecular formula is C76H136NO8P. The zero-order chi connectivity index (χ0) is 62.3. The van der Waals surface area contributed by atoms with Crippen LogP contribution in [0.25, 0.3) is 0 Å².